The van der Waals surface area contributed by atoms with E-state index in [1.54, 1.807) is 28.0 Å². The lowest BCUT2D eigenvalue weighted by molar-refractivity contribution is 0.408. The van der Waals surface area contributed by atoms with E-state index in [9.17, 15) is 0 Å². The third-order valence-electron chi connectivity index (χ3n) is 7.37. The second kappa shape index (κ2) is 11.0. The van der Waals surface area contributed by atoms with Crippen LogP contribution in [0.25, 0.3) is 10.7 Å². The van der Waals surface area contributed by atoms with E-state index < -0.39 is 0 Å². The van der Waals surface area contributed by atoms with Crippen molar-refractivity contribution in [2.75, 3.05) is 36.1 Å². The maximum Gasteiger partial charge on any atom is 0.142 e. The third-order valence-corrected chi connectivity index (χ3v) is 13.0. The first-order valence-electron chi connectivity index (χ1n) is 12.6. The molecule has 3 saturated heterocycles. The topological polar surface area (TPSA) is 29.0 Å². The van der Waals surface area contributed by atoms with E-state index in [0.29, 0.717) is 16.4 Å². The lowest BCUT2D eigenvalue weighted by atomic mass is 9.76. The van der Waals surface area contributed by atoms with E-state index in [-0.39, 0.29) is 0 Å². The number of aromatic nitrogens is 2. The molecule has 2 unspecified atom stereocenters. The van der Waals surface area contributed by atoms with Gasteiger partial charge in [0.2, 0.25) is 0 Å². The fourth-order valence-corrected chi connectivity index (χ4v) is 11.1. The molecular weight excluding hydrogens is 503 g/mol. The quantitative estimate of drug-likeness (QED) is 0.346. The predicted octanol–water partition coefficient (Wildman–Crippen LogP) is 8.05. The molecule has 8 heteroatoms. The van der Waals surface area contributed by atoms with E-state index in [2.05, 4.69) is 45.0 Å². The zero-order valence-corrected chi connectivity index (χ0v) is 23.3. The molecule has 0 amide bonds. The van der Waals surface area contributed by atoms with E-state index in [1.165, 1.54) is 98.2 Å². The summed E-state index contributed by atoms with van der Waals surface area (Å²) in [7, 11) is 0. The van der Waals surface area contributed by atoms with Crippen LogP contribution in [0.3, 0.4) is 0 Å². The number of nitrogens with zero attached hydrogens (tertiary/aromatic N) is 3. The van der Waals surface area contributed by atoms with Crippen LogP contribution in [0, 0.1) is 0 Å². The molecule has 2 aromatic heterocycles. The number of hydrogen-bond donors (Lipinski definition) is 0. The van der Waals surface area contributed by atoms with Crippen molar-refractivity contribution in [2.45, 2.75) is 72.8 Å². The van der Waals surface area contributed by atoms with Gasteiger partial charge in [-0.3, -0.25) is 0 Å². The van der Waals surface area contributed by atoms with Crippen LogP contribution in [0.5, 0.6) is 0 Å². The molecule has 1 aliphatic carbocycles. The minimum atomic E-state index is 0.589. The Morgan fingerprint density at radius 1 is 0.818 bits per heavy atom. The standard InChI is InChI=1S/C25H33N3S5/c1-2-12-30-19(7-1)22-21(18-8-4-13-31-18)20(17-5-3-6-17)24(33-28-10-15-29-16-11-28)27-23(22)25-26-9-14-32-25/h9,14,17-19H,1-8,10-13,15-16H2. The van der Waals surface area contributed by atoms with Crippen molar-refractivity contribution in [1.29, 1.82) is 0 Å². The maximum absolute atomic E-state index is 5.56. The Kier molecular flexibility index (Phi) is 7.87. The van der Waals surface area contributed by atoms with E-state index in [1.807, 2.05) is 18.1 Å². The molecule has 0 radical (unpaired) electrons. The highest BCUT2D eigenvalue weighted by molar-refractivity contribution is 8.00. The summed E-state index contributed by atoms with van der Waals surface area (Å²) >= 11 is 10.3. The minimum Gasteiger partial charge on any atom is -0.243 e. The molecule has 5 heterocycles. The summed E-state index contributed by atoms with van der Waals surface area (Å²) in [4.78, 5) is 10.4. The first-order valence-corrected chi connectivity index (χ1v) is 17.5. The Bertz CT molecular complexity index is 928. The van der Waals surface area contributed by atoms with Crippen molar-refractivity contribution in [3.05, 3.63) is 28.3 Å². The Hall–Kier alpha value is 0.140. The predicted molar refractivity (Wildman–Crippen MR) is 150 cm³/mol. The molecule has 178 valence electrons. The SMILES string of the molecule is c1csc(-c2nc(SN3CCSCC3)c(C3CCC3)c(C3CCCS3)c2C2CCCCS2)n1. The van der Waals surface area contributed by atoms with Gasteiger partial charge in [0.05, 0.1) is 0 Å². The van der Waals surface area contributed by atoms with Crippen LogP contribution in [0.4, 0.5) is 0 Å². The molecule has 2 atom stereocenters. The number of thioether (sulfide) groups is 3. The van der Waals surface area contributed by atoms with Crippen LogP contribution >= 0.6 is 58.6 Å². The van der Waals surface area contributed by atoms with Crippen molar-refractivity contribution < 1.29 is 0 Å². The summed E-state index contributed by atoms with van der Waals surface area (Å²) in [6.45, 7) is 2.34. The molecule has 1 saturated carbocycles. The van der Waals surface area contributed by atoms with Gasteiger partial charge in [0.15, 0.2) is 0 Å². The second-order valence-electron chi connectivity index (χ2n) is 9.46. The van der Waals surface area contributed by atoms with Crippen LogP contribution in [0.2, 0.25) is 0 Å². The Morgan fingerprint density at radius 3 is 2.24 bits per heavy atom. The van der Waals surface area contributed by atoms with Crippen LogP contribution in [-0.4, -0.2) is 50.4 Å². The van der Waals surface area contributed by atoms with Gasteiger partial charge in [-0.25, -0.2) is 14.3 Å². The summed E-state index contributed by atoms with van der Waals surface area (Å²) in [6.07, 6.45) is 12.8. The van der Waals surface area contributed by atoms with Gasteiger partial charge >= 0.3 is 0 Å². The Balaban J connectivity index is 1.54. The summed E-state index contributed by atoms with van der Waals surface area (Å²) in [5, 5.41) is 5.83. The van der Waals surface area contributed by atoms with Gasteiger partial charge in [-0.15, -0.1) is 11.3 Å². The molecule has 0 aromatic carbocycles. The molecule has 0 bridgehead atoms. The van der Waals surface area contributed by atoms with E-state index in [0.717, 1.165) is 5.01 Å². The first-order chi connectivity index (χ1) is 16.4. The maximum atomic E-state index is 5.56. The molecule has 0 N–H and O–H groups in total. The molecule has 33 heavy (non-hydrogen) atoms. The smallest absolute Gasteiger partial charge is 0.142 e. The van der Waals surface area contributed by atoms with Gasteiger partial charge < -0.3 is 0 Å². The lowest BCUT2D eigenvalue weighted by Gasteiger charge is -2.36. The molecule has 4 fully saturated rings. The van der Waals surface area contributed by atoms with Gasteiger partial charge in [-0.2, -0.15) is 35.3 Å². The molecular formula is C25H33N3S5. The van der Waals surface area contributed by atoms with Crippen molar-refractivity contribution in [2.24, 2.45) is 0 Å². The highest BCUT2D eigenvalue weighted by Gasteiger charge is 2.37. The highest BCUT2D eigenvalue weighted by atomic mass is 32.2. The molecule has 3 nitrogen and oxygen atoms in total. The largest absolute Gasteiger partial charge is 0.243 e. The highest BCUT2D eigenvalue weighted by Crippen LogP contribution is 2.55. The van der Waals surface area contributed by atoms with Gasteiger partial charge in [0.1, 0.15) is 15.7 Å². The van der Waals surface area contributed by atoms with E-state index >= 15 is 0 Å². The number of rotatable bonds is 6. The molecule has 6 rings (SSSR count). The number of pyridine rings is 1. The molecule has 3 aliphatic heterocycles. The van der Waals surface area contributed by atoms with Crippen LogP contribution in [0.1, 0.15) is 84.5 Å². The van der Waals surface area contributed by atoms with Gasteiger partial charge in [0.25, 0.3) is 0 Å². The van der Waals surface area contributed by atoms with Gasteiger partial charge in [0, 0.05) is 46.7 Å². The normalized spacial score (nSPS) is 27.0. The van der Waals surface area contributed by atoms with Crippen LogP contribution in [0.15, 0.2) is 16.6 Å². The second-order valence-corrected chi connectivity index (χ2v) is 15.3. The monoisotopic (exact) mass is 535 g/mol. The summed E-state index contributed by atoms with van der Waals surface area (Å²) in [6, 6.07) is 0. The molecule has 0 spiro atoms. The third kappa shape index (κ3) is 5.04. The average molecular weight is 536 g/mol. The number of hydrogen-bond acceptors (Lipinski definition) is 8. The summed E-state index contributed by atoms with van der Waals surface area (Å²) in [5.74, 6) is 5.81. The van der Waals surface area contributed by atoms with Crippen LogP contribution < -0.4 is 0 Å². The average Bonchev–Trinajstić information content (AvgIpc) is 3.54. The minimum absolute atomic E-state index is 0.589. The fourth-order valence-electron chi connectivity index (χ4n) is 5.48. The van der Waals surface area contributed by atoms with E-state index in [4.69, 9.17) is 9.97 Å². The fraction of sp³-hybridized carbons (Fsp3) is 0.680. The zero-order chi connectivity index (χ0) is 22.0. The first kappa shape index (κ1) is 23.5. The Labute approximate surface area is 219 Å². The molecule has 2 aromatic rings. The summed E-state index contributed by atoms with van der Waals surface area (Å²) < 4.78 is 2.59. The van der Waals surface area contributed by atoms with Crippen LogP contribution in [-0.2, 0) is 0 Å². The van der Waals surface area contributed by atoms with Crippen molar-refractivity contribution in [1.82, 2.24) is 14.3 Å². The summed E-state index contributed by atoms with van der Waals surface area (Å²) in [5.41, 5.74) is 6.19. The van der Waals surface area contributed by atoms with Gasteiger partial charge in [-0.1, -0.05) is 12.8 Å². The van der Waals surface area contributed by atoms with Crippen molar-refractivity contribution >= 4 is 58.6 Å². The van der Waals surface area contributed by atoms with Crippen molar-refractivity contribution in [3.8, 4) is 10.7 Å². The number of thiazole rings is 1. The lowest BCUT2D eigenvalue weighted by Crippen LogP contribution is -2.27. The van der Waals surface area contributed by atoms with Gasteiger partial charge in [-0.05, 0) is 84.6 Å². The van der Waals surface area contributed by atoms with Crippen molar-refractivity contribution in [3.63, 3.8) is 0 Å². The molecule has 4 aliphatic rings. The zero-order valence-electron chi connectivity index (χ0n) is 19.2. The Morgan fingerprint density at radius 2 is 1.61 bits per heavy atom.